The molecule has 0 aliphatic carbocycles. The number of aryl methyl sites for hydroxylation is 1. The molecular formula is C10H11N3O2. The van der Waals surface area contributed by atoms with Gasteiger partial charge in [0, 0.05) is 6.07 Å². The summed E-state index contributed by atoms with van der Waals surface area (Å²) >= 11 is 0. The summed E-state index contributed by atoms with van der Waals surface area (Å²) in [4.78, 5) is 17.3. The monoisotopic (exact) mass is 205 g/mol. The van der Waals surface area contributed by atoms with Crippen molar-refractivity contribution < 1.29 is 4.42 Å². The molecule has 2 aromatic rings. The van der Waals surface area contributed by atoms with Crippen LogP contribution in [0.15, 0.2) is 33.7 Å². The van der Waals surface area contributed by atoms with Crippen LogP contribution in [0, 0.1) is 6.92 Å². The first-order chi connectivity index (χ1) is 7.24. The van der Waals surface area contributed by atoms with Gasteiger partial charge in [-0.15, -0.1) is 0 Å². The first kappa shape index (κ1) is 9.51. The molecule has 15 heavy (non-hydrogen) atoms. The summed E-state index contributed by atoms with van der Waals surface area (Å²) in [7, 11) is 0. The van der Waals surface area contributed by atoms with E-state index in [0.29, 0.717) is 12.4 Å². The number of hydrogen-bond acceptors (Lipinski definition) is 4. The van der Waals surface area contributed by atoms with Crippen molar-refractivity contribution in [3.05, 3.63) is 46.4 Å². The molecule has 0 amide bonds. The number of furan rings is 1. The van der Waals surface area contributed by atoms with Crippen LogP contribution in [0.5, 0.6) is 0 Å². The maximum Gasteiger partial charge on any atom is 0.252 e. The van der Waals surface area contributed by atoms with Gasteiger partial charge in [0.25, 0.3) is 5.56 Å². The molecule has 5 nitrogen and oxygen atoms in total. The van der Waals surface area contributed by atoms with Gasteiger partial charge in [-0.1, -0.05) is 0 Å². The Bertz CT molecular complexity index is 501. The molecule has 0 radical (unpaired) electrons. The Morgan fingerprint density at radius 2 is 2.40 bits per heavy atom. The SMILES string of the molecule is Cc1ccc(CNc2cc(=O)[nH]cn2)o1. The van der Waals surface area contributed by atoms with Crippen LogP contribution in [-0.2, 0) is 6.54 Å². The Labute approximate surface area is 86.2 Å². The van der Waals surface area contributed by atoms with E-state index in [9.17, 15) is 4.79 Å². The first-order valence-corrected chi connectivity index (χ1v) is 4.58. The van der Waals surface area contributed by atoms with Gasteiger partial charge >= 0.3 is 0 Å². The van der Waals surface area contributed by atoms with Crippen LogP contribution in [-0.4, -0.2) is 9.97 Å². The van der Waals surface area contributed by atoms with E-state index in [0.717, 1.165) is 11.5 Å². The summed E-state index contributed by atoms with van der Waals surface area (Å²) in [6.45, 7) is 2.40. The maximum atomic E-state index is 10.9. The maximum absolute atomic E-state index is 10.9. The lowest BCUT2D eigenvalue weighted by Gasteiger charge is -2.01. The second-order valence-electron chi connectivity index (χ2n) is 3.16. The van der Waals surface area contributed by atoms with Gasteiger partial charge < -0.3 is 14.7 Å². The number of nitrogens with zero attached hydrogens (tertiary/aromatic N) is 1. The number of rotatable bonds is 3. The molecule has 2 heterocycles. The summed E-state index contributed by atoms with van der Waals surface area (Å²) in [5, 5.41) is 2.99. The van der Waals surface area contributed by atoms with Crippen molar-refractivity contribution in [3.8, 4) is 0 Å². The third kappa shape index (κ3) is 2.46. The largest absolute Gasteiger partial charge is 0.465 e. The molecule has 2 rings (SSSR count). The molecule has 5 heteroatoms. The summed E-state index contributed by atoms with van der Waals surface area (Å²) in [5.74, 6) is 2.22. The predicted octanol–water partition coefficient (Wildman–Crippen LogP) is 1.28. The fourth-order valence-corrected chi connectivity index (χ4v) is 1.22. The van der Waals surface area contributed by atoms with E-state index < -0.39 is 0 Å². The minimum absolute atomic E-state index is 0.178. The first-order valence-electron chi connectivity index (χ1n) is 4.58. The van der Waals surface area contributed by atoms with Gasteiger partial charge in [0.1, 0.15) is 17.3 Å². The van der Waals surface area contributed by atoms with Crippen LogP contribution < -0.4 is 10.9 Å². The normalized spacial score (nSPS) is 10.2. The van der Waals surface area contributed by atoms with Gasteiger partial charge in [-0.05, 0) is 19.1 Å². The molecule has 0 saturated carbocycles. The molecule has 0 atom stereocenters. The highest BCUT2D eigenvalue weighted by Crippen LogP contribution is 2.07. The molecule has 0 spiro atoms. The Balaban J connectivity index is 2.02. The molecule has 0 aromatic carbocycles. The Hall–Kier alpha value is -2.04. The highest BCUT2D eigenvalue weighted by Gasteiger charge is 1.99. The minimum Gasteiger partial charge on any atom is -0.465 e. The lowest BCUT2D eigenvalue weighted by atomic mass is 10.4. The van der Waals surface area contributed by atoms with Gasteiger partial charge in [-0.3, -0.25) is 4.79 Å². The lowest BCUT2D eigenvalue weighted by molar-refractivity contribution is 0.490. The lowest BCUT2D eigenvalue weighted by Crippen LogP contribution is -2.08. The van der Waals surface area contributed by atoms with Crippen LogP contribution in [0.1, 0.15) is 11.5 Å². The van der Waals surface area contributed by atoms with Crippen molar-refractivity contribution in [1.29, 1.82) is 0 Å². The van der Waals surface area contributed by atoms with Crippen molar-refractivity contribution >= 4 is 5.82 Å². The smallest absolute Gasteiger partial charge is 0.252 e. The van der Waals surface area contributed by atoms with Crippen LogP contribution in [0.25, 0.3) is 0 Å². The standard InChI is InChI=1S/C10H11N3O2/c1-7-2-3-8(15-7)5-11-9-4-10(14)13-6-12-9/h2-4,6H,5H2,1H3,(H2,11,12,13,14). The zero-order valence-corrected chi connectivity index (χ0v) is 8.28. The van der Waals surface area contributed by atoms with Gasteiger partial charge in [0.05, 0.1) is 12.9 Å². The van der Waals surface area contributed by atoms with Gasteiger partial charge in [0.15, 0.2) is 0 Å². The quantitative estimate of drug-likeness (QED) is 0.791. The van der Waals surface area contributed by atoms with Crippen molar-refractivity contribution in [2.24, 2.45) is 0 Å². The Morgan fingerprint density at radius 1 is 1.53 bits per heavy atom. The number of H-pyrrole nitrogens is 1. The van der Waals surface area contributed by atoms with Gasteiger partial charge in [-0.2, -0.15) is 0 Å². The average molecular weight is 205 g/mol. The van der Waals surface area contributed by atoms with Gasteiger partial charge in [-0.25, -0.2) is 4.98 Å². The third-order valence-corrected chi connectivity index (χ3v) is 1.92. The van der Waals surface area contributed by atoms with Crippen LogP contribution >= 0.6 is 0 Å². The molecule has 2 aromatic heterocycles. The zero-order valence-electron chi connectivity index (χ0n) is 8.28. The molecule has 0 aliphatic heterocycles. The molecule has 0 unspecified atom stereocenters. The van der Waals surface area contributed by atoms with Crippen molar-refractivity contribution in [3.63, 3.8) is 0 Å². The second-order valence-corrected chi connectivity index (χ2v) is 3.16. The van der Waals surface area contributed by atoms with Gasteiger partial charge in [0.2, 0.25) is 0 Å². The fourth-order valence-electron chi connectivity index (χ4n) is 1.22. The van der Waals surface area contributed by atoms with E-state index in [4.69, 9.17) is 4.42 Å². The summed E-state index contributed by atoms with van der Waals surface area (Å²) in [5.41, 5.74) is -0.178. The highest BCUT2D eigenvalue weighted by atomic mass is 16.3. The van der Waals surface area contributed by atoms with E-state index in [-0.39, 0.29) is 5.56 Å². The average Bonchev–Trinajstić information content (AvgIpc) is 2.62. The van der Waals surface area contributed by atoms with Crippen LogP contribution in [0.4, 0.5) is 5.82 Å². The zero-order chi connectivity index (χ0) is 10.7. The molecule has 78 valence electrons. The number of anilines is 1. The van der Waals surface area contributed by atoms with E-state index in [1.807, 2.05) is 19.1 Å². The molecule has 0 aliphatic rings. The number of nitrogens with one attached hydrogen (secondary N) is 2. The number of hydrogen-bond donors (Lipinski definition) is 2. The van der Waals surface area contributed by atoms with Crippen LogP contribution in [0.2, 0.25) is 0 Å². The molecule has 2 N–H and O–H groups in total. The van der Waals surface area contributed by atoms with E-state index >= 15 is 0 Å². The Kier molecular flexibility index (Phi) is 2.53. The summed E-state index contributed by atoms with van der Waals surface area (Å²) in [6.07, 6.45) is 1.36. The summed E-state index contributed by atoms with van der Waals surface area (Å²) < 4.78 is 5.36. The topological polar surface area (TPSA) is 70.9 Å². The second kappa shape index (κ2) is 4.00. The Morgan fingerprint density at radius 3 is 3.07 bits per heavy atom. The molecule has 0 saturated heterocycles. The van der Waals surface area contributed by atoms with E-state index in [1.54, 1.807) is 0 Å². The van der Waals surface area contributed by atoms with E-state index in [2.05, 4.69) is 15.3 Å². The number of aromatic amines is 1. The molecule has 0 bridgehead atoms. The third-order valence-electron chi connectivity index (χ3n) is 1.92. The molecule has 0 fully saturated rings. The van der Waals surface area contributed by atoms with E-state index in [1.165, 1.54) is 12.4 Å². The number of aromatic nitrogens is 2. The molecular weight excluding hydrogens is 194 g/mol. The van der Waals surface area contributed by atoms with Crippen LogP contribution in [0.3, 0.4) is 0 Å². The summed E-state index contributed by atoms with van der Waals surface area (Å²) in [6, 6.07) is 5.17. The predicted molar refractivity (Wildman–Crippen MR) is 55.6 cm³/mol. The highest BCUT2D eigenvalue weighted by molar-refractivity contribution is 5.32. The van der Waals surface area contributed by atoms with Crippen molar-refractivity contribution in [2.45, 2.75) is 13.5 Å². The van der Waals surface area contributed by atoms with Crippen molar-refractivity contribution in [2.75, 3.05) is 5.32 Å². The van der Waals surface area contributed by atoms with Crippen molar-refractivity contribution in [1.82, 2.24) is 9.97 Å². The minimum atomic E-state index is -0.178. The fraction of sp³-hybridized carbons (Fsp3) is 0.200.